The molecule has 0 saturated heterocycles. The third-order valence-electron chi connectivity index (χ3n) is 1.57. The molecule has 0 atom stereocenters. The number of hydrogen-bond acceptors (Lipinski definition) is 3. The number of carbonyl (C=O) groups is 2. The van der Waals surface area contributed by atoms with Gasteiger partial charge in [0, 0.05) is 18.4 Å². The van der Waals surface area contributed by atoms with Crippen LogP contribution in [-0.4, -0.2) is 28.6 Å². The minimum atomic E-state index is -1.13. The molecule has 1 rings (SSSR count). The van der Waals surface area contributed by atoms with Crippen molar-refractivity contribution >= 4 is 17.7 Å². The Morgan fingerprint density at radius 2 is 2.27 bits per heavy atom. The lowest BCUT2D eigenvalue weighted by atomic mass is 10.3. The van der Waals surface area contributed by atoms with Crippen molar-refractivity contribution in [3.8, 4) is 0 Å². The monoisotopic (exact) mass is 209 g/mol. The highest BCUT2D eigenvalue weighted by Gasteiger charge is 2.06. The van der Waals surface area contributed by atoms with Crippen LogP contribution in [0.2, 0.25) is 0 Å². The van der Waals surface area contributed by atoms with Crippen LogP contribution in [0.5, 0.6) is 0 Å². The van der Waals surface area contributed by atoms with E-state index in [1.165, 1.54) is 18.3 Å². The number of nitrogens with one attached hydrogen (secondary N) is 2. The number of carboxylic acids is 1. The van der Waals surface area contributed by atoms with Crippen LogP contribution in [0, 0.1) is 0 Å². The van der Waals surface area contributed by atoms with Crippen molar-refractivity contribution in [1.29, 1.82) is 0 Å². The molecule has 0 bridgehead atoms. The predicted molar refractivity (Wildman–Crippen MR) is 53.9 cm³/mol. The second-order valence-corrected chi connectivity index (χ2v) is 2.72. The van der Waals surface area contributed by atoms with Gasteiger partial charge in [0.2, 0.25) is 0 Å². The van der Waals surface area contributed by atoms with Gasteiger partial charge in [0.15, 0.2) is 0 Å². The summed E-state index contributed by atoms with van der Waals surface area (Å²) in [7, 11) is 0. The summed E-state index contributed by atoms with van der Waals surface area (Å²) >= 11 is 0. The van der Waals surface area contributed by atoms with Crippen molar-refractivity contribution in [1.82, 2.24) is 10.3 Å². The Hall–Kier alpha value is -2.11. The molecule has 0 aromatic carbocycles. The lowest BCUT2D eigenvalue weighted by Crippen LogP contribution is -2.28. The summed E-state index contributed by atoms with van der Waals surface area (Å²) in [6.45, 7) is 2.29. The van der Waals surface area contributed by atoms with E-state index in [4.69, 9.17) is 5.11 Å². The molecule has 1 heterocycles. The molecule has 80 valence electrons. The first kappa shape index (κ1) is 11.0. The summed E-state index contributed by atoms with van der Waals surface area (Å²) in [6.07, 6.45) is 1.32. The molecule has 0 aliphatic heterocycles. The molecule has 1 aromatic heterocycles. The van der Waals surface area contributed by atoms with Crippen LogP contribution in [-0.2, 0) is 0 Å². The van der Waals surface area contributed by atoms with Gasteiger partial charge in [-0.1, -0.05) is 0 Å². The Morgan fingerprint density at radius 3 is 2.87 bits per heavy atom. The van der Waals surface area contributed by atoms with E-state index in [0.717, 1.165) is 0 Å². The van der Waals surface area contributed by atoms with E-state index in [0.29, 0.717) is 12.2 Å². The third-order valence-corrected chi connectivity index (χ3v) is 1.57. The number of aromatic nitrogens is 1. The Morgan fingerprint density at radius 1 is 1.53 bits per heavy atom. The number of pyridine rings is 1. The number of hydrogen-bond donors (Lipinski definition) is 3. The molecular formula is C9H11N3O3. The summed E-state index contributed by atoms with van der Waals surface area (Å²) in [5.74, 6) is -1.13. The Kier molecular flexibility index (Phi) is 3.61. The molecule has 0 aliphatic rings. The van der Waals surface area contributed by atoms with Crippen LogP contribution < -0.4 is 10.6 Å². The van der Waals surface area contributed by atoms with Gasteiger partial charge in [-0.05, 0) is 19.1 Å². The SMILES string of the molecule is CCNC(=O)Nc1ccnc(C(=O)O)c1. The number of nitrogens with zero attached hydrogens (tertiary/aromatic N) is 1. The molecule has 0 fully saturated rings. The van der Waals surface area contributed by atoms with Crippen LogP contribution in [0.25, 0.3) is 0 Å². The number of anilines is 1. The molecule has 15 heavy (non-hydrogen) atoms. The quantitative estimate of drug-likeness (QED) is 0.690. The van der Waals surface area contributed by atoms with Gasteiger partial charge in [0.25, 0.3) is 0 Å². The average Bonchev–Trinajstić information content (AvgIpc) is 2.18. The van der Waals surface area contributed by atoms with Gasteiger partial charge in [-0.2, -0.15) is 0 Å². The van der Waals surface area contributed by atoms with Crippen LogP contribution in [0.15, 0.2) is 18.3 Å². The molecule has 0 unspecified atom stereocenters. The normalized spacial score (nSPS) is 9.40. The van der Waals surface area contributed by atoms with Gasteiger partial charge < -0.3 is 15.7 Å². The number of carboxylic acid groups (broad SMARTS) is 1. The van der Waals surface area contributed by atoms with E-state index in [2.05, 4.69) is 15.6 Å². The van der Waals surface area contributed by atoms with E-state index >= 15 is 0 Å². The lowest BCUT2D eigenvalue weighted by molar-refractivity contribution is 0.0690. The molecule has 6 nitrogen and oxygen atoms in total. The van der Waals surface area contributed by atoms with Gasteiger partial charge in [-0.25, -0.2) is 14.6 Å². The number of rotatable bonds is 3. The standard InChI is InChI=1S/C9H11N3O3/c1-2-10-9(15)12-6-3-4-11-7(5-6)8(13)14/h3-5H,2H2,1H3,(H,13,14)(H2,10,11,12,15). The zero-order valence-corrected chi connectivity index (χ0v) is 8.15. The smallest absolute Gasteiger partial charge is 0.354 e. The minimum Gasteiger partial charge on any atom is -0.477 e. The minimum absolute atomic E-state index is 0.107. The third kappa shape index (κ3) is 3.26. The van der Waals surface area contributed by atoms with Gasteiger partial charge >= 0.3 is 12.0 Å². The fourth-order valence-electron chi connectivity index (χ4n) is 0.961. The lowest BCUT2D eigenvalue weighted by Gasteiger charge is -2.05. The van der Waals surface area contributed by atoms with E-state index in [1.54, 1.807) is 6.92 Å². The van der Waals surface area contributed by atoms with Crippen molar-refractivity contribution in [2.45, 2.75) is 6.92 Å². The highest BCUT2D eigenvalue weighted by Crippen LogP contribution is 2.07. The summed E-state index contributed by atoms with van der Waals surface area (Å²) in [5, 5.41) is 13.7. The Labute approximate surface area is 86.3 Å². The van der Waals surface area contributed by atoms with E-state index < -0.39 is 5.97 Å². The van der Waals surface area contributed by atoms with Crippen molar-refractivity contribution in [2.24, 2.45) is 0 Å². The van der Waals surface area contributed by atoms with Crippen LogP contribution in [0.4, 0.5) is 10.5 Å². The maximum Gasteiger partial charge on any atom is 0.354 e. The Balaban J connectivity index is 2.73. The van der Waals surface area contributed by atoms with Crippen molar-refractivity contribution in [2.75, 3.05) is 11.9 Å². The summed E-state index contributed by atoms with van der Waals surface area (Å²) in [4.78, 5) is 25.3. The predicted octanol–water partition coefficient (Wildman–Crippen LogP) is 0.921. The molecule has 1 aromatic rings. The average molecular weight is 209 g/mol. The molecule has 0 radical (unpaired) electrons. The topological polar surface area (TPSA) is 91.3 Å². The Bertz CT molecular complexity index is 379. The highest BCUT2D eigenvalue weighted by molar-refractivity contribution is 5.91. The number of aromatic carboxylic acids is 1. The van der Waals surface area contributed by atoms with Gasteiger partial charge in [-0.3, -0.25) is 0 Å². The van der Waals surface area contributed by atoms with Crippen molar-refractivity contribution in [3.63, 3.8) is 0 Å². The fraction of sp³-hybridized carbons (Fsp3) is 0.222. The zero-order chi connectivity index (χ0) is 11.3. The zero-order valence-electron chi connectivity index (χ0n) is 8.15. The highest BCUT2D eigenvalue weighted by atomic mass is 16.4. The number of carbonyl (C=O) groups excluding carboxylic acids is 1. The molecule has 3 N–H and O–H groups in total. The summed E-state index contributed by atoms with van der Waals surface area (Å²) in [5.41, 5.74) is 0.289. The fourth-order valence-corrected chi connectivity index (χ4v) is 0.961. The summed E-state index contributed by atoms with van der Waals surface area (Å²) < 4.78 is 0. The second kappa shape index (κ2) is 4.94. The van der Waals surface area contributed by atoms with E-state index in [-0.39, 0.29) is 11.7 Å². The van der Waals surface area contributed by atoms with Gasteiger partial charge in [0.1, 0.15) is 5.69 Å². The van der Waals surface area contributed by atoms with Crippen LogP contribution in [0.1, 0.15) is 17.4 Å². The molecule has 0 saturated carbocycles. The van der Waals surface area contributed by atoms with Gasteiger partial charge in [-0.15, -0.1) is 0 Å². The molecule has 0 aliphatic carbocycles. The first-order valence-electron chi connectivity index (χ1n) is 4.37. The van der Waals surface area contributed by atoms with Crippen LogP contribution >= 0.6 is 0 Å². The number of urea groups is 1. The van der Waals surface area contributed by atoms with Gasteiger partial charge in [0.05, 0.1) is 0 Å². The number of amides is 2. The maximum atomic E-state index is 11.1. The van der Waals surface area contributed by atoms with E-state index in [9.17, 15) is 9.59 Å². The van der Waals surface area contributed by atoms with E-state index in [1.807, 2.05) is 0 Å². The largest absolute Gasteiger partial charge is 0.477 e. The second-order valence-electron chi connectivity index (χ2n) is 2.72. The molecule has 2 amide bonds. The summed E-state index contributed by atoms with van der Waals surface area (Å²) in [6, 6.07) is 2.43. The van der Waals surface area contributed by atoms with Crippen LogP contribution in [0.3, 0.4) is 0 Å². The van der Waals surface area contributed by atoms with Crippen molar-refractivity contribution < 1.29 is 14.7 Å². The maximum absolute atomic E-state index is 11.1. The van der Waals surface area contributed by atoms with Crippen molar-refractivity contribution in [3.05, 3.63) is 24.0 Å². The first-order chi connectivity index (χ1) is 7.13. The molecular weight excluding hydrogens is 198 g/mol. The molecule has 6 heteroatoms. The molecule has 0 spiro atoms. The first-order valence-corrected chi connectivity index (χ1v) is 4.37.